The summed E-state index contributed by atoms with van der Waals surface area (Å²) in [5.41, 5.74) is 1.32. The minimum Gasteiger partial charge on any atom is -0.493 e. The molecule has 30 heavy (non-hydrogen) atoms. The number of ether oxygens (including phenoxy) is 2. The predicted molar refractivity (Wildman–Crippen MR) is 116 cm³/mol. The summed E-state index contributed by atoms with van der Waals surface area (Å²) in [6, 6.07) is 11.5. The Labute approximate surface area is 178 Å². The molecule has 0 unspecified atom stereocenters. The summed E-state index contributed by atoms with van der Waals surface area (Å²) in [5.74, 6) is 1.08. The van der Waals surface area contributed by atoms with Crippen molar-refractivity contribution in [3.63, 3.8) is 0 Å². The fourth-order valence-corrected chi connectivity index (χ4v) is 3.84. The summed E-state index contributed by atoms with van der Waals surface area (Å²) in [5, 5.41) is 0. The van der Waals surface area contributed by atoms with Gasteiger partial charge in [0.05, 0.1) is 18.6 Å². The molecule has 7 nitrogen and oxygen atoms in total. The number of nitrogens with one attached hydrogen (secondary N) is 1. The number of sulfonamides is 1. The summed E-state index contributed by atoms with van der Waals surface area (Å²) in [6.07, 6.45) is 1.46. The van der Waals surface area contributed by atoms with E-state index in [-0.39, 0.29) is 17.3 Å². The molecule has 0 spiro atoms. The van der Waals surface area contributed by atoms with Gasteiger partial charge in [-0.15, -0.1) is 6.58 Å². The molecule has 0 saturated heterocycles. The molecule has 0 heterocycles. The molecule has 2 aromatic carbocycles. The fraction of sp³-hybridized carbons (Fsp3) is 0.318. The van der Waals surface area contributed by atoms with E-state index in [1.807, 2.05) is 32.0 Å². The van der Waals surface area contributed by atoms with Gasteiger partial charge in [-0.25, -0.2) is 13.1 Å². The lowest BCUT2D eigenvalue weighted by atomic mass is 10.1. The molecular formula is C22H28N2O5S. The summed E-state index contributed by atoms with van der Waals surface area (Å²) < 4.78 is 37.6. The Morgan fingerprint density at radius 1 is 1.13 bits per heavy atom. The van der Waals surface area contributed by atoms with Crippen molar-refractivity contribution in [2.75, 3.05) is 26.8 Å². The zero-order valence-corrected chi connectivity index (χ0v) is 18.4. The topological polar surface area (TPSA) is 84.9 Å². The highest BCUT2D eigenvalue weighted by atomic mass is 32.2. The van der Waals surface area contributed by atoms with E-state index in [2.05, 4.69) is 11.3 Å². The predicted octanol–water partition coefficient (Wildman–Crippen LogP) is 3.22. The van der Waals surface area contributed by atoms with Crippen molar-refractivity contribution in [3.8, 4) is 11.5 Å². The van der Waals surface area contributed by atoms with Gasteiger partial charge in [0.2, 0.25) is 10.0 Å². The van der Waals surface area contributed by atoms with Crippen molar-refractivity contribution in [1.29, 1.82) is 0 Å². The number of nitrogens with zero attached hydrogens (tertiary/aromatic N) is 1. The first kappa shape index (κ1) is 23.4. The van der Waals surface area contributed by atoms with Crippen LogP contribution in [0.25, 0.3) is 0 Å². The molecule has 8 heteroatoms. The van der Waals surface area contributed by atoms with Crippen LogP contribution in [0, 0.1) is 0 Å². The zero-order chi connectivity index (χ0) is 22.1. The minimum atomic E-state index is -3.63. The standard InChI is InChI=1S/C22H28N2O5S/c1-5-14-23-30(26,27)19-11-9-18(10-12-19)22(25)24(6-2)16-17-8-13-20(29-7-3)21(15-17)28-4/h5,8-13,15,23H,1,6-7,14,16H2,2-4H3. The maximum Gasteiger partial charge on any atom is 0.254 e. The summed E-state index contributed by atoms with van der Waals surface area (Å²) >= 11 is 0. The molecule has 0 atom stereocenters. The number of hydrogen-bond donors (Lipinski definition) is 1. The lowest BCUT2D eigenvalue weighted by molar-refractivity contribution is 0.0752. The van der Waals surface area contributed by atoms with Crippen LogP contribution in [0.3, 0.4) is 0 Å². The van der Waals surface area contributed by atoms with Crippen LogP contribution in [0.1, 0.15) is 29.8 Å². The van der Waals surface area contributed by atoms with Gasteiger partial charge in [0.15, 0.2) is 11.5 Å². The van der Waals surface area contributed by atoms with Crippen LogP contribution in [0.15, 0.2) is 60.0 Å². The molecule has 0 aliphatic carbocycles. The second kappa shape index (κ2) is 10.8. The normalized spacial score (nSPS) is 11.0. The van der Waals surface area contributed by atoms with Crippen LogP contribution >= 0.6 is 0 Å². The Morgan fingerprint density at radius 3 is 2.40 bits per heavy atom. The van der Waals surface area contributed by atoms with Crippen molar-refractivity contribution < 1.29 is 22.7 Å². The Morgan fingerprint density at radius 2 is 1.83 bits per heavy atom. The van der Waals surface area contributed by atoms with Crippen molar-refractivity contribution in [2.24, 2.45) is 0 Å². The maximum atomic E-state index is 12.9. The van der Waals surface area contributed by atoms with Gasteiger partial charge in [0.1, 0.15) is 0 Å². The molecule has 162 valence electrons. The quantitative estimate of drug-likeness (QED) is 0.551. The Balaban J connectivity index is 2.17. The lowest BCUT2D eigenvalue weighted by Crippen LogP contribution is -2.30. The van der Waals surface area contributed by atoms with Crippen molar-refractivity contribution in [1.82, 2.24) is 9.62 Å². The van der Waals surface area contributed by atoms with E-state index in [9.17, 15) is 13.2 Å². The summed E-state index contributed by atoms with van der Waals surface area (Å²) in [7, 11) is -2.05. The Kier molecular flexibility index (Phi) is 8.44. The molecule has 2 aromatic rings. The third-order valence-corrected chi connectivity index (χ3v) is 5.84. The molecule has 0 bridgehead atoms. The van der Waals surface area contributed by atoms with E-state index < -0.39 is 10.0 Å². The Hall–Kier alpha value is -2.84. The number of methoxy groups -OCH3 is 1. The number of carbonyl (C=O) groups is 1. The van der Waals surface area contributed by atoms with E-state index in [1.165, 1.54) is 30.3 Å². The summed E-state index contributed by atoms with van der Waals surface area (Å²) in [6.45, 7) is 8.83. The molecule has 0 fully saturated rings. The highest BCUT2D eigenvalue weighted by Gasteiger charge is 2.18. The van der Waals surface area contributed by atoms with E-state index in [1.54, 1.807) is 12.0 Å². The first-order chi connectivity index (χ1) is 14.4. The number of carbonyl (C=O) groups excluding carboxylic acids is 1. The average Bonchev–Trinajstić information content (AvgIpc) is 2.76. The monoisotopic (exact) mass is 432 g/mol. The average molecular weight is 433 g/mol. The van der Waals surface area contributed by atoms with Crippen molar-refractivity contribution in [2.45, 2.75) is 25.3 Å². The summed E-state index contributed by atoms with van der Waals surface area (Å²) in [4.78, 5) is 14.7. The van der Waals surface area contributed by atoms with Gasteiger partial charge >= 0.3 is 0 Å². The molecule has 0 aromatic heterocycles. The second-order valence-corrected chi connectivity index (χ2v) is 8.17. The van der Waals surface area contributed by atoms with Gasteiger partial charge in [0.25, 0.3) is 5.91 Å². The lowest BCUT2D eigenvalue weighted by Gasteiger charge is -2.22. The SMILES string of the molecule is C=CCNS(=O)(=O)c1ccc(C(=O)N(CC)Cc2ccc(OCC)c(OC)c2)cc1. The molecule has 0 saturated carbocycles. The molecule has 1 N–H and O–H groups in total. The largest absolute Gasteiger partial charge is 0.493 e. The Bertz CT molecular complexity index is 972. The smallest absolute Gasteiger partial charge is 0.254 e. The number of benzene rings is 2. The van der Waals surface area contributed by atoms with Gasteiger partial charge in [-0.2, -0.15) is 0 Å². The highest BCUT2D eigenvalue weighted by Crippen LogP contribution is 2.28. The number of hydrogen-bond acceptors (Lipinski definition) is 5. The van der Waals surface area contributed by atoms with E-state index in [0.717, 1.165) is 5.56 Å². The van der Waals surface area contributed by atoms with E-state index >= 15 is 0 Å². The third-order valence-electron chi connectivity index (χ3n) is 4.40. The highest BCUT2D eigenvalue weighted by molar-refractivity contribution is 7.89. The first-order valence-corrected chi connectivity index (χ1v) is 11.1. The van der Waals surface area contributed by atoms with Crippen molar-refractivity contribution >= 4 is 15.9 Å². The van der Waals surface area contributed by atoms with Crippen LogP contribution in [-0.2, 0) is 16.6 Å². The molecular weight excluding hydrogens is 404 g/mol. The number of rotatable bonds is 11. The second-order valence-electron chi connectivity index (χ2n) is 6.40. The molecule has 0 radical (unpaired) electrons. The van der Waals surface area contributed by atoms with Gasteiger partial charge in [0, 0.05) is 25.2 Å². The molecule has 2 rings (SSSR count). The van der Waals surface area contributed by atoms with Gasteiger partial charge in [-0.05, 0) is 55.8 Å². The van der Waals surface area contributed by atoms with Crippen LogP contribution in [0.4, 0.5) is 0 Å². The van der Waals surface area contributed by atoms with Crippen molar-refractivity contribution in [3.05, 3.63) is 66.2 Å². The third kappa shape index (κ3) is 5.84. The van der Waals surface area contributed by atoms with Crippen LogP contribution in [0.5, 0.6) is 11.5 Å². The van der Waals surface area contributed by atoms with E-state index in [0.29, 0.717) is 36.8 Å². The maximum absolute atomic E-state index is 12.9. The molecule has 1 amide bonds. The van der Waals surface area contributed by atoms with Gasteiger partial charge < -0.3 is 14.4 Å². The van der Waals surface area contributed by atoms with E-state index in [4.69, 9.17) is 9.47 Å². The number of amides is 1. The first-order valence-electron chi connectivity index (χ1n) is 9.65. The molecule has 0 aliphatic rings. The van der Waals surface area contributed by atoms with Crippen LogP contribution < -0.4 is 14.2 Å². The van der Waals surface area contributed by atoms with Crippen LogP contribution in [0.2, 0.25) is 0 Å². The molecule has 0 aliphatic heterocycles. The van der Waals surface area contributed by atoms with Gasteiger partial charge in [-0.1, -0.05) is 12.1 Å². The minimum absolute atomic E-state index is 0.0974. The van der Waals surface area contributed by atoms with Crippen LogP contribution in [-0.4, -0.2) is 46.0 Å². The van der Waals surface area contributed by atoms with Gasteiger partial charge in [-0.3, -0.25) is 4.79 Å². The zero-order valence-electron chi connectivity index (χ0n) is 17.6. The fourth-order valence-electron chi connectivity index (χ4n) is 2.84.